The third-order valence-electron chi connectivity index (χ3n) is 3.75. The highest BCUT2D eigenvalue weighted by Crippen LogP contribution is 2.33. The highest BCUT2D eigenvalue weighted by atomic mass is 19.1. The number of hydrogen-bond donors (Lipinski definition) is 1. The molecule has 3 rings (SSSR count). The summed E-state index contributed by atoms with van der Waals surface area (Å²) in [6, 6.07) is 5.36. The SMILES string of the molecule is Cn1c2c(c3cccc(F)c31)CC(C)(C)NC2. The summed E-state index contributed by atoms with van der Waals surface area (Å²) in [6.07, 6.45) is 0.948. The zero-order valence-corrected chi connectivity index (χ0v) is 10.5. The van der Waals surface area contributed by atoms with Crippen LogP contribution in [0.5, 0.6) is 0 Å². The van der Waals surface area contributed by atoms with Crippen molar-refractivity contribution in [1.29, 1.82) is 0 Å². The van der Waals surface area contributed by atoms with Gasteiger partial charge in [-0.05, 0) is 31.9 Å². The zero-order chi connectivity index (χ0) is 12.2. The molecule has 2 aromatic rings. The molecule has 0 atom stereocenters. The number of aryl methyl sites for hydroxylation is 1. The maximum atomic E-state index is 13.9. The summed E-state index contributed by atoms with van der Waals surface area (Å²) in [5, 5.41) is 4.56. The van der Waals surface area contributed by atoms with Crippen LogP contribution in [0.15, 0.2) is 18.2 Å². The smallest absolute Gasteiger partial charge is 0.147 e. The number of fused-ring (bicyclic) bond motifs is 3. The number of para-hydroxylation sites is 1. The number of benzene rings is 1. The summed E-state index contributed by atoms with van der Waals surface area (Å²) in [6.45, 7) is 5.19. The third-order valence-corrected chi connectivity index (χ3v) is 3.75. The van der Waals surface area contributed by atoms with E-state index in [9.17, 15) is 4.39 Å². The van der Waals surface area contributed by atoms with Crippen LogP contribution in [0.2, 0.25) is 0 Å². The summed E-state index contributed by atoms with van der Waals surface area (Å²) >= 11 is 0. The molecule has 1 aliphatic heterocycles. The Labute approximate surface area is 100 Å². The second-order valence-electron chi connectivity index (χ2n) is 5.53. The van der Waals surface area contributed by atoms with Gasteiger partial charge >= 0.3 is 0 Å². The number of halogens is 1. The lowest BCUT2D eigenvalue weighted by Crippen LogP contribution is -2.44. The molecule has 1 aromatic heterocycles. The fourth-order valence-electron chi connectivity index (χ4n) is 2.84. The van der Waals surface area contributed by atoms with E-state index < -0.39 is 0 Å². The van der Waals surface area contributed by atoms with Crippen molar-refractivity contribution >= 4 is 10.9 Å². The molecule has 0 bridgehead atoms. The Kier molecular flexibility index (Phi) is 2.11. The number of aromatic nitrogens is 1. The van der Waals surface area contributed by atoms with Crippen LogP contribution in [0.4, 0.5) is 4.39 Å². The molecule has 0 saturated heterocycles. The van der Waals surface area contributed by atoms with Crippen molar-refractivity contribution in [3.8, 4) is 0 Å². The van der Waals surface area contributed by atoms with Gasteiger partial charge < -0.3 is 9.88 Å². The predicted molar refractivity (Wildman–Crippen MR) is 67.5 cm³/mol. The average Bonchev–Trinajstić information content (AvgIpc) is 2.52. The standard InChI is InChI=1S/C14H17FN2/c1-14(2)7-10-9-5-4-6-11(15)13(9)17(3)12(10)8-16-14/h4-6,16H,7-8H2,1-3H3. The van der Waals surface area contributed by atoms with Crippen molar-refractivity contribution < 1.29 is 4.39 Å². The fourth-order valence-corrected chi connectivity index (χ4v) is 2.84. The van der Waals surface area contributed by atoms with Gasteiger partial charge in [0.05, 0.1) is 5.52 Å². The molecule has 1 aromatic carbocycles. The number of rotatable bonds is 0. The second kappa shape index (κ2) is 3.33. The van der Waals surface area contributed by atoms with E-state index >= 15 is 0 Å². The molecule has 0 amide bonds. The first-order valence-electron chi connectivity index (χ1n) is 5.99. The van der Waals surface area contributed by atoms with Gasteiger partial charge in [-0.3, -0.25) is 0 Å². The van der Waals surface area contributed by atoms with E-state index in [0.717, 1.165) is 23.9 Å². The van der Waals surface area contributed by atoms with Gasteiger partial charge in [-0.2, -0.15) is 0 Å². The topological polar surface area (TPSA) is 17.0 Å². The number of hydrogen-bond acceptors (Lipinski definition) is 1. The Morgan fingerprint density at radius 1 is 1.35 bits per heavy atom. The fraction of sp³-hybridized carbons (Fsp3) is 0.429. The summed E-state index contributed by atoms with van der Waals surface area (Å²) in [5.74, 6) is -0.128. The molecule has 1 aliphatic rings. The lowest BCUT2D eigenvalue weighted by Gasteiger charge is -2.31. The summed E-state index contributed by atoms with van der Waals surface area (Å²) in [7, 11) is 1.95. The summed E-state index contributed by atoms with van der Waals surface area (Å²) in [4.78, 5) is 0. The molecule has 0 saturated carbocycles. The van der Waals surface area contributed by atoms with Crippen LogP contribution in [0, 0.1) is 5.82 Å². The van der Waals surface area contributed by atoms with Crippen molar-refractivity contribution in [2.45, 2.75) is 32.4 Å². The molecule has 0 aliphatic carbocycles. The van der Waals surface area contributed by atoms with Crippen LogP contribution >= 0.6 is 0 Å². The minimum absolute atomic E-state index is 0.0909. The molecule has 2 heterocycles. The van der Waals surface area contributed by atoms with E-state index in [4.69, 9.17) is 0 Å². The Balaban J connectivity index is 2.33. The maximum absolute atomic E-state index is 13.9. The summed E-state index contributed by atoms with van der Waals surface area (Å²) in [5.41, 5.74) is 3.33. The molecule has 0 spiro atoms. The minimum Gasteiger partial charge on any atom is -0.344 e. The molecule has 3 heteroatoms. The Morgan fingerprint density at radius 2 is 2.12 bits per heavy atom. The van der Waals surface area contributed by atoms with Crippen LogP contribution in [0.3, 0.4) is 0 Å². The first-order chi connectivity index (χ1) is 7.99. The van der Waals surface area contributed by atoms with Gasteiger partial charge in [0, 0.05) is 30.2 Å². The van der Waals surface area contributed by atoms with Crippen molar-refractivity contribution in [3.63, 3.8) is 0 Å². The molecule has 2 nitrogen and oxygen atoms in total. The highest BCUT2D eigenvalue weighted by molar-refractivity contribution is 5.86. The molecular weight excluding hydrogens is 215 g/mol. The van der Waals surface area contributed by atoms with E-state index in [-0.39, 0.29) is 11.4 Å². The van der Waals surface area contributed by atoms with Gasteiger partial charge in [-0.15, -0.1) is 0 Å². The number of nitrogens with one attached hydrogen (secondary N) is 1. The van der Waals surface area contributed by atoms with Gasteiger partial charge in [0.2, 0.25) is 0 Å². The first kappa shape index (κ1) is 10.8. The van der Waals surface area contributed by atoms with Crippen molar-refractivity contribution in [2.75, 3.05) is 0 Å². The molecule has 1 N–H and O–H groups in total. The van der Waals surface area contributed by atoms with Gasteiger partial charge in [-0.1, -0.05) is 12.1 Å². The molecule has 0 unspecified atom stereocenters. The Morgan fingerprint density at radius 3 is 2.88 bits per heavy atom. The van der Waals surface area contributed by atoms with E-state index in [1.54, 1.807) is 6.07 Å². The lowest BCUT2D eigenvalue weighted by atomic mass is 9.89. The van der Waals surface area contributed by atoms with Gasteiger partial charge in [0.1, 0.15) is 5.82 Å². The van der Waals surface area contributed by atoms with Crippen LogP contribution < -0.4 is 5.32 Å². The third kappa shape index (κ3) is 1.49. The molecule has 17 heavy (non-hydrogen) atoms. The van der Waals surface area contributed by atoms with Crippen LogP contribution in [-0.4, -0.2) is 10.1 Å². The van der Waals surface area contributed by atoms with Crippen molar-refractivity contribution in [2.24, 2.45) is 7.05 Å². The lowest BCUT2D eigenvalue weighted by molar-refractivity contribution is 0.357. The van der Waals surface area contributed by atoms with Gasteiger partial charge in [0.25, 0.3) is 0 Å². The maximum Gasteiger partial charge on any atom is 0.147 e. The van der Waals surface area contributed by atoms with Crippen molar-refractivity contribution in [1.82, 2.24) is 9.88 Å². The monoisotopic (exact) mass is 232 g/mol. The van der Waals surface area contributed by atoms with Crippen molar-refractivity contribution in [3.05, 3.63) is 35.3 Å². The van der Waals surface area contributed by atoms with E-state index in [1.807, 2.05) is 17.7 Å². The first-order valence-corrected chi connectivity index (χ1v) is 5.99. The Bertz CT molecular complexity index is 596. The second-order valence-corrected chi connectivity index (χ2v) is 5.53. The largest absolute Gasteiger partial charge is 0.344 e. The van der Waals surface area contributed by atoms with E-state index in [1.165, 1.54) is 17.3 Å². The average molecular weight is 232 g/mol. The number of nitrogens with zero attached hydrogens (tertiary/aromatic N) is 1. The zero-order valence-electron chi connectivity index (χ0n) is 10.5. The van der Waals surface area contributed by atoms with E-state index in [0.29, 0.717) is 0 Å². The molecule has 90 valence electrons. The minimum atomic E-state index is -0.128. The summed E-state index contributed by atoms with van der Waals surface area (Å²) < 4.78 is 15.9. The highest BCUT2D eigenvalue weighted by Gasteiger charge is 2.29. The normalized spacial score (nSPS) is 18.4. The van der Waals surface area contributed by atoms with Crippen LogP contribution in [0.1, 0.15) is 25.1 Å². The predicted octanol–water partition coefficient (Wildman–Crippen LogP) is 2.74. The quantitative estimate of drug-likeness (QED) is 0.739. The van der Waals surface area contributed by atoms with E-state index in [2.05, 4.69) is 19.2 Å². The van der Waals surface area contributed by atoms with Crippen LogP contribution in [0.25, 0.3) is 10.9 Å². The molecular formula is C14H17FN2. The molecule has 0 radical (unpaired) electrons. The Hall–Kier alpha value is -1.35. The van der Waals surface area contributed by atoms with Gasteiger partial charge in [0.15, 0.2) is 0 Å². The molecule has 0 fully saturated rings. The van der Waals surface area contributed by atoms with Crippen LogP contribution in [-0.2, 0) is 20.0 Å². The van der Waals surface area contributed by atoms with Gasteiger partial charge in [-0.25, -0.2) is 4.39 Å².